The molecule has 0 radical (unpaired) electrons. The van der Waals surface area contributed by atoms with E-state index in [1.807, 2.05) is 36.4 Å². The number of piperidine rings is 1. The van der Waals surface area contributed by atoms with Crippen molar-refractivity contribution in [2.75, 3.05) is 19.6 Å². The summed E-state index contributed by atoms with van der Waals surface area (Å²) < 4.78 is 0. The number of likely N-dealkylation sites (tertiary alicyclic amines) is 1. The van der Waals surface area contributed by atoms with Gasteiger partial charge in [0.15, 0.2) is 0 Å². The lowest BCUT2D eigenvalue weighted by Crippen LogP contribution is -2.49. The Kier molecular flexibility index (Phi) is 6.65. The fourth-order valence-corrected chi connectivity index (χ4v) is 3.81. The number of aliphatic carboxylic acids is 1. The van der Waals surface area contributed by atoms with Crippen LogP contribution in [0.15, 0.2) is 60.7 Å². The lowest BCUT2D eigenvalue weighted by molar-refractivity contribution is -0.148. The van der Waals surface area contributed by atoms with Crippen molar-refractivity contribution >= 4 is 17.8 Å². The topological polar surface area (TPSA) is 86.7 Å². The number of rotatable bonds is 7. The van der Waals surface area contributed by atoms with Crippen molar-refractivity contribution in [3.63, 3.8) is 0 Å². The van der Waals surface area contributed by atoms with E-state index in [4.69, 9.17) is 0 Å². The second kappa shape index (κ2) is 9.37. The molecular formula is C23H26N2O4. The molecule has 0 bridgehead atoms. The van der Waals surface area contributed by atoms with Crippen molar-refractivity contribution < 1.29 is 19.5 Å². The van der Waals surface area contributed by atoms with Crippen LogP contribution in [0, 0.1) is 0 Å². The molecule has 2 amide bonds. The number of carboxylic acid groups (broad SMARTS) is 1. The third-order valence-corrected chi connectivity index (χ3v) is 5.59. The number of nitrogens with one attached hydrogen (secondary N) is 1. The molecule has 152 valence electrons. The third-order valence-electron chi connectivity index (χ3n) is 5.59. The van der Waals surface area contributed by atoms with Crippen molar-refractivity contribution in [2.45, 2.75) is 31.1 Å². The number of carbonyl (C=O) groups is 3. The van der Waals surface area contributed by atoms with Gasteiger partial charge in [0.2, 0.25) is 5.91 Å². The zero-order valence-electron chi connectivity index (χ0n) is 16.3. The van der Waals surface area contributed by atoms with Gasteiger partial charge in [-0.1, -0.05) is 48.5 Å². The van der Waals surface area contributed by atoms with E-state index in [-0.39, 0.29) is 11.8 Å². The second-order valence-corrected chi connectivity index (χ2v) is 7.36. The fraction of sp³-hybridized carbons (Fsp3) is 0.348. The molecule has 0 atom stereocenters. The van der Waals surface area contributed by atoms with Gasteiger partial charge in [-0.15, -0.1) is 0 Å². The SMILES string of the molecule is O=C(NCCCC(=O)N1CCC(C(=O)O)(c2ccccc2)CC1)c1ccccc1. The summed E-state index contributed by atoms with van der Waals surface area (Å²) in [7, 11) is 0. The van der Waals surface area contributed by atoms with Gasteiger partial charge < -0.3 is 15.3 Å². The average Bonchev–Trinajstić information content (AvgIpc) is 2.77. The largest absolute Gasteiger partial charge is 0.481 e. The van der Waals surface area contributed by atoms with Gasteiger partial charge in [-0.25, -0.2) is 0 Å². The maximum absolute atomic E-state index is 12.5. The summed E-state index contributed by atoms with van der Waals surface area (Å²) in [6, 6.07) is 18.2. The van der Waals surface area contributed by atoms with Gasteiger partial charge in [0.25, 0.3) is 5.91 Å². The molecule has 6 nitrogen and oxygen atoms in total. The average molecular weight is 394 g/mol. The van der Waals surface area contributed by atoms with Gasteiger partial charge in [0.1, 0.15) is 0 Å². The highest BCUT2D eigenvalue weighted by atomic mass is 16.4. The Labute approximate surface area is 170 Å². The van der Waals surface area contributed by atoms with Crippen molar-refractivity contribution in [1.29, 1.82) is 0 Å². The molecule has 2 aromatic rings. The molecule has 0 spiro atoms. The van der Waals surface area contributed by atoms with E-state index in [9.17, 15) is 19.5 Å². The quantitative estimate of drug-likeness (QED) is 0.707. The van der Waals surface area contributed by atoms with Crippen LogP contribution >= 0.6 is 0 Å². The van der Waals surface area contributed by atoms with E-state index in [0.29, 0.717) is 50.9 Å². The van der Waals surface area contributed by atoms with E-state index in [1.54, 1.807) is 29.2 Å². The minimum atomic E-state index is -0.929. The number of benzene rings is 2. The molecule has 2 N–H and O–H groups in total. The van der Waals surface area contributed by atoms with Gasteiger partial charge in [-0.3, -0.25) is 14.4 Å². The lowest BCUT2D eigenvalue weighted by atomic mass is 9.73. The summed E-state index contributed by atoms with van der Waals surface area (Å²) >= 11 is 0. The van der Waals surface area contributed by atoms with Gasteiger partial charge in [0, 0.05) is 31.6 Å². The molecule has 1 aliphatic rings. The van der Waals surface area contributed by atoms with Crippen LogP contribution in [0.25, 0.3) is 0 Å². The first-order valence-electron chi connectivity index (χ1n) is 9.93. The van der Waals surface area contributed by atoms with Gasteiger partial charge in [0.05, 0.1) is 5.41 Å². The Morgan fingerprint density at radius 3 is 2.10 bits per heavy atom. The molecule has 1 aliphatic heterocycles. The Morgan fingerprint density at radius 1 is 0.931 bits per heavy atom. The minimum Gasteiger partial charge on any atom is -0.481 e. The highest BCUT2D eigenvalue weighted by molar-refractivity contribution is 5.94. The number of hydrogen-bond donors (Lipinski definition) is 2. The summed E-state index contributed by atoms with van der Waals surface area (Å²) in [5.74, 6) is -0.976. The summed E-state index contributed by atoms with van der Waals surface area (Å²) in [6.07, 6.45) is 1.70. The number of carbonyl (C=O) groups excluding carboxylic acids is 2. The molecule has 1 heterocycles. The van der Waals surface area contributed by atoms with Crippen LogP contribution in [0.1, 0.15) is 41.6 Å². The number of amides is 2. The van der Waals surface area contributed by atoms with Crippen LogP contribution < -0.4 is 5.32 Å². The Bertz CT molecular complexity index is 844. The zero-order valence-corrected chi connectivity index (χ0v) is 16.3. The van der Waals surface area contributed by atoms with Crippen LogP contribution in [-0.2, 0) is 15.0 Å². The molecule has 3 rings (SSSR count). The summed E-state index contributed by atoms with van der Waals surface area (Å²) in [5, 5.41) is 12.7. The van der Waals surface area contributed by atoms with E-state index in [1.165, 1.54) is 0 Å². The molecule has 6 heteroatoms. The first kappa shape index (κ1) is 20.6. The number of hydrogen-bond acceptors (Lipinski definition) is 3. The monoisotopic (exact) mass is 394 g/mol. The fourth-order valence-electron chi connectivity index (χ4n) is 3.81. The maximum atomic E-state index is 12.5. The molecule has 0 aliphatic carbocycles. The van der Waals surface area contributed by atoms with E-state index < -0.39 is 11.4 Å². The van der Waals surface area contributed by atoms with Crippen molar-refractivity contribution in [3.05, 3.63) is 71.8 Å². The molecule has 0 aromatic heterocycles. The summed E-state index contributed by atoms with van der Waals surface area (Å²) in [4.78, 5) is 38.2. The van der Waals surface area contributed by atoms with E-state index >= 15 is 0 Å². The second-order valence-electron chi connectivity index (χ2n) is 7.36. The van der Waals surface area contributed by atoms with Gasteiger partial charge in [-0.05, 0) is 37.0 Å². The van der Waals surface area contributed by atoms with Crippen molar-refractivity contribution in [3.8, 4) is 0 Å². The summed E-state index contributed by atoms with van der Waals surface area (Å²) in [6.45, 7) is 1.28. The predicted molar refractivity (Wildman–Crippen MR) is 110 cm³/mol. The Hall–Kier alpha value is -3.15. The van der Waals surface area contributed by atoms with Crippen LogP contribution in [0.4, 0.5) is 0 Å². The molecule has 2 aromatic carbocycles. The van der Waals surface area contributed by atoms with Crippen molar-refractivity contribution in [1.82, 2.24) is 10.2 Å². The van der Waals surface area contributed by atoms with Crippen LogP contribution in [0.5, 0.6) is 0 Å². The van der Waals surface area contributed by atoms with Crippen LogP contribution in [0.2, 0.25) is 0 Å². The van der Waals surface area contributed by atoms with Crippen LogP contribution in [-0.4, -0.2) is 47.4 Å². The van der Waals surface area contributed by atoms with Crippen molar-refractivity contribution in [2.24, 2.45) is 0 Å². The highest BCUT2D eigenvalue weighted by Gasteiger charge is 2.43. The van der Waals surface area contributed by atoms with E-state index in [0.717, 1.165) is 5.56 Å². The maximum Gasteiger partial charge on any atom is 0.314 e. The van der Waals surface area contributed by atoms with E-state index in [2.05, 4.69) is 5.32 Å². The standard InChI is InChI=1S/C23H26N2O4/c26-20(12-7-15-24-21(27)18-8-3-1-4-9-18)25-16-13-23(14-17-25,22(28)29)19-10-5-2-6-11-19/h1-6,8-11H,7,12-17H2,(H,24,27)(H,28,29). The smallest absolute Gasteiger partial charge is 0.314 e. The predicted octanol–water partition coefficient (Wildman–Crippen LogP) is 2.84. The molecule has 1 fully saturated rings. The normalized spacial score (nSPS) is 15.5. The third kappa shape index (κ3) is 4.83. The zero-order chi connectivity index (χ0) is 20.7. The highest BCUT2D eigenvalue weighted by Crippen LogP contribution is 2.36. The van der Waals surface area contributed by atoms with Crippen LogP contribution in [0.3, 0.4) is 0 Å². The summed E-state index contributed by atoms with van der Waals surface area (Å²) in [5.41, 5.74) is 0.464. The van der Waals surface area contributed by atoms with Gasteiger partial charge in [-0.2, -0.15) is 0 Å². The molecular weight excluding hydrogens is 368 g/mol. The molecule has 1 saturated heterocycles. The molecule has 29 heavy (non-hydrogen) atoms. The number of carboxylic acids is 1. The number of nitrogens with zero attached hydrogens (tertiary/aromatic N) is 1. The minimum absolute atomic E-state index is 0.00557. The lowest BCUT2D eigenvalue weighted by Gasteiger charge is -2.39. The Balaban J connectivity index is 1.46. The first-order chi connectivity index (χ1) is 14.0. The molecule has 0 unspecified atom stereocenters. The molecule has 0 saturated carbocycles. The Morgan fingerprint density at radius 2 is 1.52 bits per heavy atom. The van der Waals surface area contributed by atoms with Gasteiger partial charge >= 0.3 is 5.97 Å². The first-order valence-corrected chi connectivity index (χ1v) is 9.93.